The van der Waals surface area contributed by atoms with E-state index >= 15 is 0 Å². The van der Waals surface area contributed by atoms with Gasteiger partial charge in [0, 0.05) is 37.1 Å². The van der Waals surface area contributed by atoms with Gasteiger partial charge >= 0.3 is 6.36 Å². The zero-order valence-corrected chi connectivity index (χ0v) is 17.9. The number of hydrogen-bond acceptors (Lipinski definition) is 5. The average molecular weight is 457 g/mol. The molecule has 0 amide bonds. The van der Waals surface area contributed by atoms with Crippen molar-refractivity contribution in [3.8, 4) is 11.4 Å². The molecule has 0 unspecified atom stereocenters. The number of carbonyl (C=O) groups excluding carboxylic acids is 2. The molecular formula is C24H22F3N3O3. The van der Waals surface area contributed by atoms with Crippen molar-refractivity contribution in [2.75, 3.05) is 0 Å². The van der Waals surface area contributed by atoms with Gasteiger partial charge in [-0.1, -0.05) is 6.07 Å². The number of ether oxygens (including phenoxy) is 1. The van der Waals surface area contributed by atoms with Crippen LogP contribution in [0.15, 0.2) is 48.8 Å². The third-order valence-corrected chi connectivity index (χ3v) is 5.80. The van der Waals surface area contributed by atoms with Crippen molar-refractivity contribution in [2.45, 2.75) is 51.3 Å². The van der Waals surface area contributed by atoms with Gasteiger partial charge in [0.2, 0.25) is 0 Å². The lowest BCUT2D eigenvalue weighted by Crippen LogP contribution is -2.17. The van der Waals surface area contributed by atoms with Gasteiger partial charge in [-0.25, -0.2) is 4.68 Å². The van der Waals surface area contributed by atoms with Gasteiger partial charge in [0.1, 0.15) is 11.5 Å². The van der Waals surface area contributed by atoms with E-state index < -0.39 is 6.36 Å². The molecular weight excluding hydrogens is 435 g/mol. The Bertz CT molecular complexity index is 1140. The molecule has 6 nitrogen and oxygen atoms in total. The average Bonchev–Trinajstić information content (AvgIpc) is 3.16. The Balaban J connectivity index is 1.43. The quantitative estimate of drug-likeness (QED) is 0.480. The first-order valence-electron chi connectivity index (χ1n) is 10.6. The molecule has 1 fully saturated rings. The third kappa shape index (κ3) is 5.47. The highest BCUT2D eigenvalue weighted by molar-refractivity contribution is 5.98. The molecule has 1 aliphatic rings. The molecule has 2 aromatic heterocycles. The number of hydrogen-bond donors (Lipinski definition) is 0. The van der Waals surface area contributed by atoms with Crippen molar-refractivity contribution >= 4 is 11.6 Å². The molecule has 0 N–H and O–H groups in total. The normalized spacial score (nSPS) is 15.0. The van der Waals surface area contributed by atoms with Gasteiger partial charge in [-0.3, -0.25) is 14.6 Å². The van der Waals surface area contributed by atoms with Gasteiger partial charge in [-0.15, -0.1) is 13.2 Å². The van der Waals surface area contributed by atoms with Gasteiger partial charge in [0.25, 0.3) is 0 Å². The van der Waals surface area contributed by atoms with Crippen LogP contribution in [0.25, 0.3) is 5.69 Å². The highest BCUT2D eigenvalue weighted by atomic mass is 19.4. The Morgan fingerprint density at radius 3 is 2.39 bits per heavy atom. The molecule has 0 atom stereocenters. The van der Waals surface area contributed by atoms with Gasteiger partial charge in [0.05, 0.1) is 23.1 Å². The van der Waals surface area contributed by atoms with Gasteiger partial charge < -0.3 is 4.74 Å². The lowest BCUT2D eigenvalue weighted by atomic mass is 9.86. The molecule has 1 saturated carbocycles. The molecule has 0 saturated heterocycles. The highest BCUT2D eigenvalue weighted by Gasteiger charge is 2.31. The minimum atomic E-state index is -4.76. The number of nitrogens with zero attached hydrogens (tertiary/aromatic N) is 3. The van der Waals surface area contributed by atoms with Crippen molar-refractivity contribution in [2.24, 2.45) is 0 Å². The largest absolute Gasteiger partial charge is 0.573 e. The van der Waals surface area contributed by atoms with E-state index in [-0.39, 0.29) is 23.9 Å². The number of pyridine rings is 1. The minimum Gasteiger partial charge on any atom is -0.406 e. The first kappa shape index (κ1) is 22.7. The Kier molecular flexibility index (Phi) is 6.31. The zero-order chi connectivity index (χ0) is 23.6. The van der Waals surface area contributed by atoms with E-state index in [1.165, 1.54) is 35.1 Å². The van der Waals surface area contributed by atoms with Crippen molar-refractivity contribution < 1.29 is 27.5 Å². The Labute approximate surface area is 188 Å². The maximum Gasteiger partial charge on any atom is 0.573 e. The van der Waals surface area contributed by atoms with Crippen LogP contribution >= 0.6 is 0 Å². The van der Waals surface area contributed by atoms with Gasteiger partial charge in [0.15, 0.2) is 5.78 Å². The number of alkyl halides is 3. The second-order valence-corrected chi connectivity index (χ2v) is 8.10. The number of carbonyl (C=O) groups is 2. The van der Waals surface area contributed by atoms with Crippen LogP contribution in [0, 0.1) is 6.92 Å². The third-order valence-electron chi connectivity index (χ3n) is 5.80. The number of Topliss-reactive ketones (excluding diaryl/α,β-unsaturated/α-hetero) is 2. The van der Waals surface area contributed by atoms with Crippen LogP contribution in [0.3, 0.4) is 0 Å². The summed E-state index contributed by atoms with van der Waals surface area (Å²) in [5.41, 5.74) is 3.25. The molecule has 4 rings (SSSR count). The molecule has 1 aliphatic carbocycles. The maximum atomic E-state index is 12.8. The summed E-state index contributed by atoms with van der Waals surface area (Å²) in [4.78, 5) is 28.8. The smallest absolute Gasteiger partial charge is 0.406 e. The van der Waals surface area contributed by atoms with E-state index in [4.69, 9.17) is 0 Å². The molecule has 0 radical (unpaired) electrons. The number of halogens is 3. The number of aromatic nitrogens is 3. The maximum absolute atomic E-state index is 12.8. The fourth-order valence-electron chi connectivity index (χ4n) is 4.03. The fraction of sp³-hybridized carbons (Fsp3) is 0.333. The summed E-state index contributed by atoms with van der Waals surface area (Å²) in [5.74, 6) is 0.118. The lowest BCUT2D eigenvalue weighted by molar-refractivity contribution is -0.274. The van der Waals surface area contributed by atoms with Gasteiger partial charge in [-0.05, 0) is 55.7 Å². The van der Waals surface area contributed by atoms with E-state index in [9.17, 15) is 22.8 Å². The van der Waals surface area contributed by atoms with E-state index in [2.05, 4.69) is 14.8 Å². The summed E-state index contributed by atoms with van der Waals surface area (Å²) in [5, 5.41) is 4.22. The van der Waals surface area contributed by atoms with Gasteiger partial charge in [-0.2, -0.15) is 5.10 Å². The van der Waals surface area contributed by atoms with Crippen molar-refractivity contribution in [3.05, 3.63) is 71.3 Å². The van der Waals surface area contributed by atoms with E-state index in [1.54, 1.807) is 13.1 Å². The predicted molar refractivity (Wildman–Crippen MR) is 113 cm³/mol. The van der Waals surface area contributed by atoms with E-state index in [1.807, 2.05) is 12.1 Å². The van der Waals surface area contributed by atoms with E-state index in [0.29, 0.717) is 35.6 Å². The van der Waals surface area contributed by atoms with Crippen LogP contribution in [0.5, 0.6) is 5.75 Å². The zero-order valence-electron chi connectivity index (χ0n) is 17.9. The highest BCUT2D eigenvalue weighted by Crippen LogP contribution is 2.30. The Morgan fingerprint density at radius 2 is 1.79 bits per heavy atom. The minimum absolute atomic E-state index is 0.131. The molecule has 2 heterocycles. The van der Waals surface area contributed by atoms with Crippen LogP contribution < -0.4 is 4.74 Å². The molecule has 0 bridgehead atoms. The van der Waals surface area contributed by atoms with Crippen LogP contribution in [-0.2, 0) is 11.2 Å². The summed E-state index contributed by atoms with van der Waals surface area (Å²) >= 11 is 0. The first-order chi connectivity index (χ1) is 15.7. The van der Waals surface area contributed by atoms with E-state index in [0.717, 1.165) is 24.1 Å². The summed E-state index contributed by atoms with van der Waals surface area (Å²) in [6.07, 6.45) is 1.35. The van der Waals surface area contributed by atoms with Crippen molar-refractivity contribution in [1.29, 1.82) is 0 Å². The molecule has 0 aliphatic heterocycles. The standard InChI is InChI=1S/C24H22F3N3O3/c1-15-21(14-29-30(15)18-5-9-20(10-6-18)33-24(25,26)27)23(32)12-16-2-11-22(28-13-16)17-3-7-19(31)8-4-17/h2,5-6,9-11,13-14,17H,3-4,7-8,12H2,1H3. The van der Waals surface area contributed by atoms with Crippen LogP contribution in [0.4, 0.5) is 13.2 Å². The summed E-state index contributed by atoms with van der Waals surface area (Å²) in [7, 11) is 0. The number of benzene rings is 1. The lowest BCUT2D eigenvalue weighted by Gasteiger charge is -2.20. The SMILES string of the molecule is Cc1c(C(=O)Cc2ccc(C3CCC(=O)CC3)nc2)cnn1-c1ccc(OC(F)(F)F)cc1. The van der Waals surface area contributed by atoms with Crippen LogP contribution in [0.1, 0.15) is 58.9 Å². The molecule has 1 aromatic carbocycles. The molecule has 9 heteroatoms. The van der Waals surface area contributed by atoms with Crippen LogP contribution in [-0.4, -0.2) is 32.7 Å². The molecule has 33 heavy (non-hydrogen) atoms. The van der Waals surface area contributed by atoms with Crippen LogP contribution in [0.2, 0.25) is 0 Å². The first-order valence-corrected chi connectivity index (χ1v) is 10.6. The Morgan fingerprint density at radius 1 is 1.09 bits per heavy atom. The summed E-state index contributed by atoms with van der Waals surface area (Å²) in [6.45, 7) is 1.73. The second kappa shape index (κ2) is 9.17. The Hall–Kier alpha value is -3.49. The van der Waals surface area contributed by atoms with Crippen molar-refractivity contribution in [3.63, 3.8) is 0 Å². The predicted octanol–water partition coefficient (Wildman–Crippen LogP) is 5.13. The second-order valence-electron chi connectivity index (χ2n) is 8.10. The topological polar surface area (TPSA) is 74.1 Å². The number of ketones is 2. The number of rotatable bonds is 6. The van der Waals surface area contributed by atoms with Crippen molar-refractivity contribution in [1.82, 2.24) is 14.8 Å². The summed E-state index contributed by atoms with van der Waals surface area (Å²) < 4.78 is 42.4. The molecule has 3 aromatic rings. The summed E-state index contributed by atoms with van der Waals surface area (Å²) in [6, 6.07) is 9.08. The fourth-order valence-corrected chi connectivity index (χ4v) is 4.03. The monoisotopic (exact) mass is 457 g/mol. The molecule has 0 spiro atoms. The molecule has 172 valence electrons.